The van der Waals surface area contributed by atoms with E-state index in [9.17, 15) is 0 Å². The Balaban J connectivity index is 1.70. The van der Waals surface area contributed by atoms with E-state index >= 15 is 0 Å². The zero-order valence-corrected chi connectivity index (χ0v) is 9.71. The molecule has 2 fully saturated rings. The quantitative estimate of drug-likeness (QED) is 0.745. The monoisotopic (exact) mass is 212 g/mol. The molecule has 0 spiro atoms. The third kappa shape index (κ3) is 4.09. The Labute approximate surface area is 93.2 Å². The SMILES string of the molecule is C1CCCN(CC2COCCN2)CCC1. The molecule has 2 aliphatic rings. The summed E-state index contributed by atoms with van der Waals surface area (Å²) in [5.41, 5.74) is 0. The van der Waals surface area contributed by atoms with Crippen LogP contribution in [0.3, 0.4) is 0 Å². The van der Waals surface area contributed by atoms with Gasteiger partial charge in [0.1, 0.15) is 0 Å². The van der Waals surface area contributed by atoms with Crippen molar-refractivity contribution in [2.24, 2.45) is 0 Å². The van der Waals surface area contributed by atoms with Crippen molar-refractivity contribution in [2.75, 3.05) is 39.4 Å². The molecule has 0 aliphatic carbocycles. The second kappa shape index (κ2) is 6.46. The number of likely N-dealkylation sites (tertiary alicyclic amines) is 1. The maximum absolute atomic E-state index is 5.49. The zero-order valence-electron chi connectivity index (χ0n) is 9.71. The summed E-state index contributed by atoms with van der Waals surface area (Å²) < 4.78 is 5.49. The van der Waals surface area contributed by atoms with E-state index in [0.29, 0.717) is 6.04 Å². The molecule has 0 aromatic carbocycles. The van der Waals surface area contributed by atoms with Crippen LogP contribution in [0.4, 0.5) is 0 Å². The molecule has 1 unspecified atom stereocenters. The van der Waals surface area contributed by atoms with Gasteiger partial charge in [-0.15, -0.1) is 0 Å². The summed E-state index contributed by atoms with van der Waals surface area (Å²) in [7, 11) is 0. The summed E-state index contributed by atoms with van der Waals surface area (Å²) in [5.74, 6) is 0. The van der Waals surface area contributed by atoms with Crippen LogP contribution in [0.25, 0.3) is 0 Å². The topological polar surface area (TPSA) is 24.5 Å². The summed E-state index contributed by atoms with van der Waals surface area (Å²) in [5, 5.41) is 3.54. The Morgan fingerprint density at radius 1 is 1.07 bits per heavy atom. The number of nitrogens with one attached hydrogen (secondary N) is 1. The van der Waals surface area contributed by atoms with Gasteiger partial charge in [0, 0.05) is 19.1 Å². The minimum Gasteiger partial charge on any atom is -0.378 e. The highest BCUT2D eigenvalue weighted by molar-refractivity contribution is 4.75. The van der Waals surface area contributed by atoms with E-state index in [1.807, 2.05) is 0 Å². The predicted molar refractivity (Wildman–Crippen MR) is 62.1 cm³/mol. The van der Waals surface area contributed by atoms with Gasteiger partial charge >= 0.3 is 0 Å². The Hall–Kier alpha value is -0.120. The van der Waals surface area contributed by atoms with Crippen molar-refractivity contribution in [3.8, 4) is 0 Å². The van der Waals surface area contributed by atoms with E-state index in [2.05, 4.69) is 10.2 Å². The van der Waals surface area contributed by atoms with Gasteiger partial charge in [0.25, 0.3) is 0 Å². The molecule has 0 amide bonds. The molecule has 0 bridgehead atoms. The molecule has 0 radical (unpaired) electrons. The molecule has 0 aromatic rings. The van der Waals surface area contributed by atoms with Crippen LogP contribution >= 0.6 is 0 Å². The number of ether oxygens (including phenoxy) is 1. The van der Waals surface area contributed by atoms with Gasteiger partial charge in [0.05, 0.1) is 13.2 Å². The maximum atomic E-state index is 5.49. The lowest BCUT2D eigenvalue weighted by Crippen LogP contribution is -2.48. The highest BCUT2D eigenvalue weighted by Gasteiger charge is 2.17. The van der Waals surface area contributed by atoms with Crippen molar-refractivity contribution in [1.29, 1.82) is 0 Å². The van der Waals surface area contributed by atoms with E-state index in [1.165, 1.54) is 51.7 Å². The Morgan fingerprint density at radius 3 is 2.47 bits per heavy atom. The van der Waals surface area contributed by atoms with Gasteiger partial charge in [0.15, 0.2) is 0 Å². The second-order valence-electron chi connectivity index (χ2n) is 4.79. The second-order valence-corrected chi connectivity index (χ2v) is 4.79. The van der Waals surface area contributed by atoms with Crippen LogP contribution in [-0.2, 0) is 4.74 Å². The molecule has 3 heteroatoms. The van der Waals surface area contributed by atoms with Crippen LogP contribution in [0.1, 0.15) is 32.1 Å². The minimum atomic E-state index is 0.568. The van der Waals surface area contributed by atoms with E-state index in [1.54, 1.807) is 0 Å². The molecule has 2 rings (SSSR count). The first-order valence-corrected chi connectivity index (χ1v) is 6.48. The highest BCUT2D eigenvalue weighted by atomic mass is 16.5. The molecule has 0 saturated carbocycles. The standard InChI is InChI=1S/C12H24N2O/c1-2-4-7-14(8-5-3-1)10-12-11-15-9-6-13-12/h12-13H,1-11H2. The normalized spacial score (nSPS) is 30.8. The smallest absolute Gasteiger partial charge is 0.0632 e. The summed E-state index contributed by atoms with van der Waals surface area (Å²) >= 11 is 0. The molecule has 2 saturated heterocycles. The van der Waals surface area contributed by atoms with Crippen LogP contribution in [0.5, 0.6) is 0 Å². The van der Waals surface area contributed by atoms with Gasteiger partial charge < -0.3 is 15.0 Å². The average molecular weight is 212 g/mol. The molecular formula is C12H24N2O. The summed E-state index contributed by atoms with van der Waals surface area (Å²) in [6, 6.07) is 0.568. The fourth-order valence-corrected chi connectivity index (χ4v) is 2.54. The van der Waals surface area contributed by atoms with Crippen LogP contribution in [0, 0.1) is 0 Å². The van der Waals surface area contributed by atoms with Crippen LogP contribution < -0.4 is 5.32 Å². The molecule has 2 heterocycles. The zero-order chi connectivity index (χ0) is 10.3. The van der Waals surface area contributed by atoms with Crippen LogP contribution in [0.15, 0.2) is 0 Å². The van der Waals surface area contributed by atoms with E-state index < -0.39 is 0 Å². The molecule has 15 heavy (non-hydrogen) atoms. The van der Waals surface area contributed by atoms with E-state index in [4.69, 9.17) is 4.74 Å². The molecule has 3 nitrogen and oxygen atoms in total. The first-order valence-electron chi connectivity index (χ1n) is 6.48. The molecule has 88 valence electrons. The van der Waals surface area contributed by atoms with Crippen molar-refractivity contribution in [3.05, 3.63) is 0 Å². The van der Waals surface area contributed by atoms with Crippen molar-refractivity contribution in [2.45, 2.75) is 38.1 Å². The van der Waals surface area contributed by atoms with Gasteiger partial charge in [0.2, 0.25) is 0 Å². The number of hydrogen-bond donors (Lipinski definition) is 1. The fourth-order valence-electron chi connectivity index (χ4n) is 2.54. The van der Waals surface area contributed by atoms with Gasteiger partial charge in [-0.05, 0) is 25.9 Å². The average Bonchev–Trinajstić information content (AvgIpc) is 2.23. The van der Waals surface area contributed by atoms with Crippen molar-refractivity contribution in [1.82, 2.24) is 10.2 Å². The largest absolute Gasteiger partial charge is 0.378 e. The third-order valence-electron chi connectivity index (χ3n) is 3.43. The van der Waals surface area contributed by atoms with Crippen molar-refractivity contribution < 1.29 is 4.74 Å². The fraction of sp³-hybridized carbons (Fsp3) is 1.00. The van der Waals surface area contributed by atoms with Crippen LogP contribution in [-0.4, -0.2) is 50.3 Å². The number of morpholine rings is 1. The van der Waals surface area contributed by atoms with Gasteiger partial charge in [-0.1, -0.05) is 19.3 Å². The van der Waals surface area contributed by atoms with Gasteiger partial charge in [-0.25, -0.2) is 0 Å². The lowest BCUT2D eigenvalue weighted by Gasteiger charge is -2.31. The van der Waals surface area contributed by atoms with E-state index in [-0.39, 0.29) is 0 Å². The lowest BCUT2D eigenvalue weighted by molar-refractivity contribution is 0.0606. The molecular weight excluding hydrogens is 188 g/mol. The summed E-state index contributed by atoms with van der Waals surface area (Å²) in [6.07, 6.45) is 7.05. The molecule has 1 N–H and O–H groups in total. The van der Waals surface area contributed by atoms with E-state index in [0.717, 1.165) is 19.8 Å². The number of hydrogen-bond acceptors (Lipinski definition) is 3. The highest BCUT2D eigenvalue weighted by Crippen LogP contribution is 2.11. The van der Waals surface area contributed by atoms with Crippen molar-refractivity contribution >= 4 is 0 Å². The Kier molecular flexibility index (Phi) is 4.90. The first-order chi connectivity index (χ1) is 7.45. The summed E-state index contributed by atoms with van der Waals surface area (Å²) in [4.78, 5) is 2.62. The molecule has 1 atom stereocenters. The minimum absolute atomic E-state index is 0.568. The van der Waals surface area contributed by atoms with Gasteiger partial charge in [-0.3, -0.25) is 0 Å². The number of rotatable bonds is 2. The lowest BCUT2D eigenvalue weighted by atomic mass is 10.1. The Bertz CT molecular complexity index is 161. The molecule has 0 aromatic heterocycles. The predicted octanol–water partition coefficient (Wildman–Crippen LogP) is 1.24. The first kappa shape index (κ1) is 11.4. The molecule has 2 aliphatic heterocycles. The van der Waals surface area contributed by atoms with Crippen LogP contribution in [0.2, 0.25) is 0 Å². The maximum Gasteiger partial charge on any atom is 0.0632 e. The Morgan fingerprint density at radius 2 is 1.80 bits per heavy atom. The van der Waals surface area contributed by atoms with Gasteiger partial charge in [-0.2, -0.15) is 0 Å². The summed E-state index contributed by atoms with van der Waals surface area (Å²) in [6.45, 7) is 6.57. The van der Waals surface area contributed by atoms with Crippen molar-refractivity contribution in [3.63, 3.8) is 0 Å². The number of nitrogens with zero attached hydrogens (tertiary/aromatic N) is 1. The third-order valence-corrected chi connectivity index (χ3v) is 3.43.